The summed E-state index contributed by atoms with van der Waals surface area (Å²) in [7, 11) is 0. The zero-order chi connectivity index (χ0) is 18.2. The van der Waals surface area contributed by atoms with E-state index in [1.54, 1.807) is 12.1 Å². The van der Waals surface area contributed by atoms with Crippen molar-refractivity contribution in [2.75, 3.05) is 44.2 Å². The monoisotopic (exact) mass is 367 g/mol. The normalized spacial score (nSPS) is 22.0. The minimum Gasteiger partial charge on any atom is -0.369 e. The standard InChI is InChI=1S/C21H26FN5/c22-17-3-5-19(6-4-17)26-9-11-27(12-10-26)20-14-25(15-20)13-18-7-8-23-21(24-18)16-1-2-16/h3-8,16,20H,1-2,9-15H2. The second-order valence-corrected chi connectivity index (χ2v) is 8.03. The Morgan fingerprint density at radius 3 is 2.41 bits per heavy atom. The summed E-state index contributed by atoms with van der Waals surface area (Å²) >= 11 is 0. The van der Waals surface area contributed by atoms with E-state index in [1.165, 1.54) is 12.8 Å². The molecule has 0 bridgehead atoms. The molecule has 2 aliphatic heterocycles. The first-order chi connectivity index (χ1) is 13.2. The van der Waals surface area contributed by atoms with Gasteiger partial charge < -0.3 is 4.90 Å². The van der Waals surface area contributed by atoms with Gasteiger partial charge >= 0.3 is 0 Å². The number of likely N-dealkylation sites (tertiary alicyclic amines) is 1. The zero-order valence-corrected chi connectivity index (χ0v) is 15.6. The molecule has 5 rings (SSSR count). The maximum atomic E-state index is 13.1. The Hall–Kier alpha value is -2.05. The number of piperazine rings is 1. The fourth-order valence-corrected chi connectivity index (χ4v) is 4.17. The summed E-state index contributed by atoms with van der Waals surface area (Å²) in [6.45, 7) is 7.37. The quantitative estimate of drug-likeness (QED) is 0.811. The summed E-state index contributed by atoms with van der Waals surface area (Å²) in [4.78, 5) is 16.6. The molecule has 5 nitrogen and oxygen atoms in total. The third kappa shape index (κ3) is 3.82. The van der Waals surface area contributed by atoms with Crippen LogP contribution in [0.1, 0.15) is 30.3 Å². The van der Waals surface area contributed by atoms with Gasteiger partial charge in [0.05, 0.1) is 5.69 Å². The predicted octanol–water partition coefficient (Wildman–Crippen LogP) is 2.50. The van der Waals surface area contributed by atoms with Crippen molar-refractivity contribution < 1.29 is 4.39 Å². The van der Waals surface area contributed by atoms with Gasteiger partial charge in [-0.2, -0.15) is 0 Å². The first-order valence-electron chi connectivity index (χ1n) is 10.0. The van der Waals surface area contributed by atoms with Crippen molar-refractivity contribution in [1.29, 1.82) is 0 Å². The van der Waals surface area contributed by atoms with Crippen molar-refractivity contribution in [2.24, 2.45) is 0 Å². The Morgan fingerprint density at radius 1 is 0.963 bits per heavy atom. The smallest absolute Gasteiger partial charge is 0.131 e. The fraction of sp³-hybridized carbons (Fsp3) is 0.524. The Balaban J connectivity index is 1.09. The van der Waals surface area contributed by atoms with Crippen LogP contribution in [-0.2, 0) is 6.54 Å². The number of anilines is 1. The molecule has 2 aromatic rings. The van der Waals surface area contributed by atoms with E-state index in [0.29, 0.717) is 12.0 Å². The molecule has 0 amide bonds. The largest absolute Gasteiger partial charge is 0.369 e. The van der Waals surface area contributed by atoms with Crippen LogP contribution in [0, 0.1) is 5.82 Å². The minimum atomic E-state index is -0.167. The zero-order valence-electron chi connectivity index (χ0n) is 15.6. The topological polar surface area (TPSA) is 35.5 Å². The lowest BCUT2D eigenvalue weighted by molar-refractivity contribution is 0.0248. The highest BCUT2D eigenvalue weighted by molar-refractivity contribution is 5.46. The van der Waals surface area contributed by atoms with Gasteiger partial charge in [0.1, 0.15) is 11.6 Å². The van der Waals surface area contributed by atoms with Crippen LogP contribution in [0.15, 0.2) is 36.5 Å². The van der Waals surface area contributed by atoms with Gasteiger partial charge in [0.15, 0.2) is 0 Å². The highest BCUT2D eigenvalue weighted by Gasteiger charge is 2.34. The molecule has 0 N–H and O–H groups in total. The van der Waals surface area contributed by atoms with Crippen molar-refractivity contribution >= 4 is 5.69 Å². The molecule has 3 aliphatic rings. The van der Waals surface area contributed by atoms with Gasteiger partial charge in [-0.3, -0.25) is 9.80 Å². The SMILES string of the molecule is Fc1ccc(N2CCN(C3CN(Cc4ccnc(C5CC5)n4)C3)CC2)cc1. The van der Waals surface area contributed by atoms with Crippen LogP contribution in [0.4, 0.5) is 10.1 Å². The molecular formula is C21H26FN5. The first kappa shape index (κ1) is 17.1. The van der Waals surface area contributed by atoms with E-state index < -0.39 is 0 Å². The van der Waals surface area contributed by atoms with E-state index in [4.69, 9.17) is 4.98 Å². The molecule has 1 aliphatic carbocycles. The van der Waals surface area contributed by atoms with Crippen LogP contribution in [-0.4, -0.2) is 65.1 Å². The van der Waals surface area contributed by atoms with Gasteiger partial charge in [-0.15, -0.1) is 0 Å². The van der Waals surface area contributed by atoms with Gasteiger partial charge in [-0.25, -0.2) is 14.4 Å². The maximum Gasteiger partial charge on any atom is 0.131 e. The predicted molar refractivity (Wildman–Crippen MR) is 103 cm³/mol. The van der Waals surface area contributed by atoms with Gasteiger partial charge in [-0.05, 0) is 43.2 Å². The number of halogens is 1. The van der Waals surface area contributed by atoms with Gasteiger partial charge in [0, 0.05) is 69.7 Å². The number of hydrogen-bond donors (Lipinski definition) is 0. The van der Waals surface area contributed by atoms with Crippen LogP contribution < -0.4 is 4.90 Å². The van der Waals surface area contributed by atoms with E-state index in [0.717, 1.165) is 63.0 Å². The van der Waals surface area contributed by atoms with E-state index in [2.05, 4.69) is 25.8 Å². The number of aromatic nitrogens is 2. The summed E-state index contributed by atoms with van der Waals surface area (Å²) in [5, 5.41) is 0. The van der Waals surface area contributed by atoms with Gasteiger partial charge in [0.2, 0.25) is 0 Å². The van der Waals surface area contributed by atoms with Crippen LogP contribution in [0.3, 0.4) is 0 Å². The van der Waals surface area contributed by atoms with E-state index in [9.17, 15) is 4.39 Å². The van der Waals surface area contributed by atoms with Crippen LogP contribution in [0.5, 0.6) is 0 Å². The Morgan fingerprint density at radius 2 is 1.70 bits per heavy atom. The molecule has 1 aromatic heterocycles. The summed E-state index contributed by atoms with van der Waals surface area (Å²) in [6, 6.07) is 9.58. The second kappa shape index (κ2) is 7.17. The molecule has 0 spiro atoms. The van der Waals surface area contributed by atoms with Gasteiger partial charge in [0.25, 0.3) is 0 Å². The molecule has 0 unspecified atom stereocenters. The molecule has 27 heavy (non-hydrogen) atoms. The molecule has 6 heteroatoms. The first-order valence-corrected chi connectivity index (χ1v) is 10.0. The lowest BCUT2D eigenvalue weighted by Gasteiger charge is -2.48. The number of hydrogen-bond acceptors (Lipinski definition) is 5. The molecule has 2 saturated heterocycles. The van der Waals surface area contributed by atoms with Crippen molar-refractivity contribution in [1.82, 2.24) is 19.8 Å². The Bertz CT molecular complexity index is 777. The molecule has 3 fully saturated rings. The highest BCUT2D eigenvalue weighted by Crippen LogP contribution is 2.37. The molecule has 3 heterocycles. The molecular weight excluding hydrogens is 341 g/mol. The van der Waals surface area contributed by atoms with Crippen LogP contribution >= 0.6 is 0 Å². The summed E-state index contributed by atoms with van der Waals surface area (Å²) in [5.41, 5.74) is 2.29. The minimum absolute atomic E-state index is 0.167. The Labute approximate surface area is 159 Å². The fourth-order valence-electron chi connectivity index (χ4n) is 4.17. The number of nitrogens with zero attached hydrogens (tertiary/aromatic N) is 5. The van der Waals surface area contributed by atoms with E-state index in [1.807, 2.05) is 18.3 Å². The van der Waals surface area contributed by atoms with Crippen molar-refractivity contribution in [3.63, 3.8) is 0 Å². The van der Waals surface area contributed by atoms with E-state index in [-0.39, 0.29) is 5.82 Å². The van der Waals surface area contributed by atoms with Crippen LogP contribution in [0.2, 0.25) is 0 Å². The van der Waals surface area contributed by atoms with Crippen molar-refractivity contribution in [2.45, 2.75) is 31.3 Å². The third-order valence-corrected chi connectivity index (χ3v) is 6.02. The average molecular weight is 367 g/mol. The lowest BCUT2D eigenvalue weighted by Crippen LogP contribution is -2.62. The number of benzene rings is 1. The molecule has 1 aromatic carbocycles. The average Bonchev–Trinajstić information content (AvgIpc) is 3.51. The summed E-state index contributed by atoms with van der Waals surface area (Å²) in [5.74, 6) is 1.49. The Kier molecular flexibility index (Phi) is 4.53. The third-order valence-electron chi connectivity index (χ3n) is 6.02. The van der Waals surface area contributed by atoms with Crippen molar-refractivity contribution in [3.05, 3.63) is 53.9 Å². The van der Waals surface area contributed by atoms with Gasteiger partial charge in [-0.1, -0.05) is 0 Å². The molecule has 0 radical (unpaired) electrons. The van der Waals surface area contributed by atoms with Crippen LogP contribution in [0.25, 0.3) is 0 Å². The molecule has 142 valence electrons. The number of rotatable bonds is 5. The lowest BCUT2D eigenvalue weighted by atomic mass is 10.1. The highest BCUT2D eigenvalue weighted by atomic mass is 19.1. The maximum absolute atomic E-state index is 13.1. The van der Waals surface area contributed by atoms with Crippen molar-refractivity contribution in [3.8, 4) is 0 Å². The van der Waals surface area contributed by atoms with E-state index >= 15 is 0 Å². The summed E-state index contributed by atoms with van der Waals surface area (Å²) < 4.78 is 13.1. The molecule has 0 atom stereocenters. The molecule has 1 saturated carbocycles. The summed E-state index contributed by atoms with van der Waals surface area (Å²) in [6.07, 6.45) is 4.42. The second-order valence-electron chi connectivity index (χ2n) is 8.03.